The van der Waals surface area contributed by atoms with E-state index in [0.29, 0.717) is 11.3 Å². The van der Waals surface area contributed by atoms with Gasteiger partial charge in [-0.25, -0.2) is 4.98 Å². The smallest absolute Gasteiger partial charge is 0.254 e. The Morgan fingerprint density at radius 2 is 1.71 bits per heavy atom. The summed E-state index contributed by atoms with van der Waals surface area (Å²) in [5.41, 5.74) is 2.19. The highest BCUT2D eigenvalue weighted by atomic mass is 16.1. The summed E-state index contributed by atoms with van der Waals surface area (Å²) < 4.78 is 0. The first-order valence-electron chi connectivity index (χ1n) is 8.31. The molecule has 0 radical (unpaired) electrons. The number of aromatic nitrogens is 2. The molecule has 0 bridgehead atoms. The van der Waals surface area contributed by atoms with Crippen molar-refractivity contribution in [1.29, 1.82) is 0 Å². The minimum absolute atomic E-state index is 0.0606. The van der Waals surface area contributed by atoms with Crippen molar-refractivity contribution in [3.8, 4) is 0 Å². The van der Waals surface area contributed by atoms with Crippen molar-refractivity contribution < 1.29 is 0 Å². The van der Waals surface area contributed by atoms with Gasteiger partial charge in [0.05, 0.1) is 0 Å². The second kappa shape index (κ2) is 5.94. The monoisotopic (exact) mass is 290 g/mol. The fraction of sp³-hybridized carbons (Fsp3) is 0.778. The van der Waals surface area contributed by atoms with Gasteiger partial charge in [-0.1, -0.05) is 34.6 Å². The van der Waals surface area contributed by atoms with Gasteiger partial charge in [0.1, 0.15) is 5.82 Å². The van der Waals surface area contributed by atoms with Crippen LogP contribution in [0.2, 0.25) is 0 Å². The first-order chi connectivity index (χ1) is 9.70. The first-order valence-corrected chi connectivity index (χ1v) is 8.31. The van der Waals surface area contributed by atoms with Crippen molar-refractivity contribution in [2.24, 2.45) is 11.3 Å². The average molecular weight is 290 g/mol. The third-order valence-electron chi connectivity index (χ3n) is 5.08. The normalized spacial score (nSPS) is 23.6. The lowest BCUT2D eigenvalue weighted by atomic mass is 9.69. The molecule has 1 aromatic heterocycles. The Kier molecular flexibility index (Phi) is 4.60. The summed E-state index contributed by atoms with van der Waals surface area (Å²) in [5.74, 6) is 2.36. The molecule has 0 aromatic carbocycles. The van der Waals surface area contributed by atoms with Crippen LogP contribution < -0.4 is 5.56 Å². The van der Waals surface area contributed by atoms with E-state index in [-0.39, 0.29) is 11.5 Å². The van der Waals surface area contributed by atoms with Crippen LogP contribution in [0.1, 0.15) is 89.2 Å². The van der Waals surface area contributed by atoms with Gasteiger partial charge >= 0.3 is 0 Å². The summed E-state index contributed by atoms with van der Waals surface area (Å²) in [6.45, 7) is 13.1. The molecule has 1 heterocycles. The molecule has 1 aliphatic carbocycles. The molecule has 3 heteroatoms. The van der Waals surface area contributed by atoms with E-state index in [4.69, 9.17) is 4.98 Å². The van der Waals surface area contributed by atoms with Gasteiger partial charge in [-0.15, -0.1) is 0 Å². The van der Waals surface area contributed by atoms with Crippen molar-refractivity contribution in [1.82, 2.24) is 9.97 Å². The van der Waals surface area contributed by atoms with Crippen LogP contribution in [0, 0.1) is 18.3 Å². The number of rotatable bonds is 2. The highest BCUT2D eigenvalue weighted by Crippen LogP contribution is 2.42. The van der Waals surface area contributed by atoms with Gasteiger partial charge in [0.15, 0.2) is 0 Å². The van der Waals surface area contributed by atoms with Gasteiger partial charge in [-0.2, -0.15) is 0 Å². The summed E-state index contributed by atoms with van der Waals surface area (Å²) in [6, 6.07) is 0. The van der Waals surface area contributed by atoms with E-state index in [0.717, 1.165) is 35.8 Å². The summed E-state index contributed by atoms with van der Waals surface area (Å²) in [6.07, 6.45) is 4.77. The number of nitrogens with one attached hydrogen (secondary N) is 1. The lowest BCUT2D eigenvalue weighted by Gasteiger charge is -2.36. The third kappa shape index (κ3) is 3.56. The maximum absolute atomic E-state index is 12.3. The molecule has 1 aromatic rings. The zero-order chi connectivity index (χ0) is 15.8. The van der Waals surface area contributed by atoms with E-state index >= 15 is 0 Å². The Hall–Kier alpha value is -1.12. The molecule has 3 nitrogen and oxygen atoms in total. The van der Waals surface area contributed by atoms with Crippen LogP contribution >= 0.6 is 0 Å². The highest BCUT2D eigenvalue weighted by Gasteiger charge is 2.31. The van der Waals surface area contributed by atoms with Crippen LogP contribution in [-0.2, 0) is 0 Å². The molecule has 1 saturated carbocycles. The fourth-order valence-electron chi connectivity index (χ4n) is 3.72. The molecule has 0 unspecified atom stereocenters. The van der Waals surface area contributed by atoms with E-state index in [9.17, 15) is 4.79 Å². The fourth-order valence-corrected chi connectivity index (χ4v) is 3.72. The van der Waals surface area contributed by atoms with Crippen LogP contribution in [-0.4, -0.2) is 9.97 Å². The van der Waals surface area contributed by atoms with Crippen LogP contribution in [0.5, 0.6) is 0 Å². The molecule has 1 aliphatic rings. The average Bonchev–Trinajstić information content (AvgIpc) is 2.36. The number of nitrogens with zero attached hydrogens (tertiary/aromatic N) is 1. The Bertz CT molecular complexity index is 543. The van der Waals surface area contributed by atoms with Gasteiger partial charge in [-0.05, 0) is 49.9 Å². The Morgan fingerprint density at radius 1 is 1.14 bits per heavy atom. The van der Waals surface area contributed by atoms with Gasteiger partial charge in [-0.3, -0.25) is 4.79 Å². The molecule has 21 heavy (non-hydrogen) atoms. The largest absolute Gasteiger partial charge is 0.310 e. The van der Waals surface area contributed by atoms with E-state index in [1.165, 1.54) is 12.8 Å². The molecule has 1 N–H and O–H groups in total. The van der Waals surface area contributed by atoms with E-state index in [2.05, 4.69) is 25.8 Å². The maximum Gasteiger partial charge on any atom is 0.254 e. The van der Waals surface area contributed by atoms with Gasteiger partial charge in [0, 0.05) is 17.2 Å². The Balaban J connectivity index is 2.17. The molecule has 0 spiro atoms. The molecule has 2 rings (SSSR count). The zero-order valence-electron chi connectivity index (χ0n) is 14.4. The minimum atomic E-state index is 0.0606. The van der Waals surface area contributed by atoms with Crippen molar-refractivity contribution in [2.75, 3.05) is 0 Å². The summed E-state index contributed by atoms with van der Waals surface area (Å²) in [7, 11) is 0. The molecule has 0 saturated heterocycles. The summed E-state index contributed by atoms with van der Waals surface area (Å²) >= 11 is 0. The second-order valence-corrected chi connectivity index (χ2v) is 8.02. The Labute approximate surface area is 128 Å². The third-order valence-corrected chi connectivity index (χ3v) is 5.08. The lowest BCUT2D eigenvalue weighted by Crippen LogP contribution is -2.27. The van der Waals surface area contributed by atoms with Crippen LogP contribution in [0.3, 0.4) is 0 Å². The number of hydrogen-bond acceptors (Lipinski definition) is 2. The standard InChI is InChI=1S/C18H30N2O/c1-11(2)15-12(3)19-16(20-17(15)21)13-7-9-14(10-8-13)18(4,5)6/h11,13-14H,7-10H2,1-6H3,(H,19,20,21). The predicted octanol–water partition coefficient (Wildman–Crippen LogP) is 4.52. The zero-order valence-corrected chi connectivity index (χ0v) is 14.4. The molecule has 1 fully saturated rings. The van der Waals surface area contributed by atoms with E-state index < -0.39 is 0 Å². The summed E-state index contributed by atoms with van der Waals surface area (Å²) in [4.78, 5) is 20.0. The van der Waals surface area contributed by atoms with Crippen LogP contribution in [0.25, 0.3) is 0 Å². The second-order valence-electron chi connectivity index (χ2n) is 8.02. The molecule has 0 atom stereocenters. The van der Waals surface area contributed by atoms with Gasteiger partial charge in [0.2, 0.25) is 0 Å². The quantitative estimate of drug-likeness (QED) is 0.870. The van der Waals surface area contributed by atoms with E-state index in [1.54, 1.807) is 0 Å². The topological polar surface area (TPSA) is 45.8 Å². The molecular formula is C18H30N2O. The molecular weight excluding hydrogens is 260 g/mol. The van der Waals surface area contributed by atoms with Crippen molar-refractivity contribution >= 4 is 0 Å². The van der Waals surface area contributed by atoms with Crippen LogP contribution in [0.15, 0.2) is 4.79 Å². The highest BCUT2D eigenvalue weighted by molar-refractivity contribution is 5.21. The molecule has 118 valence electrons. The number of hydrogen-bond donors (Lipinski definition) is 1. The molecule has 0 amide bonds. The van der Waals surface area contributed by atoms with Crippen molar-refractivity contribution in [2.45, 2.75) is 79.1 Å². The lowest BCUT2D eigenvalue weighted by molar-refractivity contribution is 0.167. The SMILES string of the molecule is Cc1nc(C2CCC(C(C)(C)C)CC2)[nH]c(=O)c1C(C)C. The molecule has 0 aliphatic heterocycles. The maximum atomic E-state index is 12.3. The minimum Gasteiger partial charge on any atom is -0.310 e. The predicted molar refractivity (Wildman–Crippen MR) is 87.8 cm³/mol. The van der Waals surface area contributed by atoms with Crippen molar-refractivity contribution in [3.05, 3.63) is 27.4 Å². The van der Waals surface area contributed by atoms with Gasteiger partial charge < -0.3 is 4.98 Å². The number of H-pyrrole nitrogens is 1. The number of aryl methyl sites for hydroxylation is 1. The van der Waals surface area contributed by atoms with E-state index in [1.807, 2.05) is 20.8 Å². The first kappa shape index (κ1) is 16.3. The summed E-state index contributed by atoms with van der Waals surface area (Å²) in [5, 5.41) is 0. The van der Waals surface area contributed by atoms with Gasteiger partial charge in [0.25, 0.3) is 5.56 Å². The van der Waals surface area contributed by atoms with Crippen LogP contribution in [0.4, 0.5) is 0 Å². The van der Waals surface area contributed by atoms with Crippen molar-refractivity contribution in [3.63, 3.8) is 0 Å². The Morgan fingerprint density at radius 3 is 2.14 bits per heavy atom. The number of aromatic amines is 1.